The fourth-order valence-corrected chi connectivity index (χ4v) is 4.98. The SMILES string of the molecule is CCCCCCCCN(C(=O)C(Cc1ccccc1)NC(=O)OC(C)(C)C)C(C(=O)NC(C)(C)C)c1ccc(CC)cc1. The number of amides is 3. The maximum Gasteiger partial charge on any atom is 0.408 e. The number of aryl methyl sites for hydroxylation is 1. The molecule has 0 aliphatic rings. The molecular weight excluding hydrogens is 538 g/mol. The van der Waals surface area contributed by atoms with Gasteiger partial charge < -0.3 is 20.3 Å². The average molecular weight is 594 g/mol. The molecule has 2 N–H and O–H groups in total. The van der Waals surface area contributed by atoms with Crippen molar-refractivity contribution in [3.8, 4) is 0 Å². The lowest BCUT2D eigenvalue weighted by atomic mass is 9.97. The van der Waals surface area contributed by atoms with E-state index in [9.17, 15) is 14.4 Å². The molecule has 0 saturated carbocycles. The molecule has 0 spiro atoms. The second kappa shape index (κ2) is 17.1. The monoisotopic (exact) mass is 593 g/mol. The second-order valence-corrected chi connectivity index (χ2v) is 13.4. The molecule has 0 aliphatic heterocycles. The normalized spacial score (nSPS) is 13.1. The van der Waals surface area contributed by atoms with E-state index >= 15 is 0 Å². The summed E-state index contributed by atoms with van der Waals surface area (Å²) < 4.78 is 5.56. The Bertz CT molecular complexity index is 1130. The molecule has 2 rings (SSSR count). The van der Waals surface area contributed by atoms with Gasteiger partial charge in [0.05, 0.1) is 0 Å². The van der Waals surface area contributed by atoms with E-state index in [1.807, 2.05) is 75.4 Å². The van der Waals surface area contributed by atoms with Gasteiger partial charge in [0.15, 0.2) is 0 Å². The highest BCUT2D eigenvalue weighted by molar-refractivity contribution is 5.92. The van der Waals surface area contributed by atoms with Crippen molar-refractivity contribution in [2.75, 3.05) is 6.54 Å². The maximum absolute atomic E-state index is 14.6. The zero-order valence-corrected chi connectivity index (χ0v) is 27.8. The first-order chi connectivity index (χ1) is 20.2. The van der Waals surface area contributed by atoms with E-state index in [1.54, 1.807) is 25.7 Å². The third-order valence-electron chi connectivity index (χ3n) is 7.07. The van der Waals surface area contributed by atoms with Gasteiger partial charge in [-0.1, -0.05) is 101 Å². The largest absolute Gasteiger partial charge is 0.444 e. The van der Waals surface area contributed by atoms with E-state index in [1.165, 1.54) is 6.42 Å². The molecule has 2 aromatic rings. The molecule has 7 nitrogen and oxygen atoms in total. The predicted octanol–water partition coefficient (Wildman–Crippen LogP) is 7.53. The van der Waals surface area contributed by atoms with Crippen LogP contribution in [0.2, 0.25) is 0 Å². The van der Waals surface area contributed by atoms with E-state index in [-0.39, 0.29) is 18.2 Å². The molecule has 0 aromatic heterocycles. The molecule has 3 amide bonds. The number of rotatable bonds is 15. The van der Waals surface area contributed by atoms with Gasteiger partial charge in [-0.2, -0.15) is 0 Å². The van der Waals surface area contributed by atoms with Crippen molar-refractivity contribution in [3.63, 3.8) is 0 Å². The van der Waals surface area contributed by atoms with E-state index in [0.717, 1.165) is 55.2 Å². The summed E-state index contributed by atoms with van der Waals surface area (Å²) in [6.45, 7) is 15.8. The number of nitrogens with zero attached hydrogens (tertiary/aromatic N) is 1. The summed E-state index contributed by atoms with van der Waals surface area (Å²) in [4.78, 5) is 43.3. The van der Waals surface area contributed by atoms with Crippen LogP contribution in [0.15, 0.2) is 54.6 Å². The smallest absolute Gasteiger partial charge is 0.408 e. The van der Waals surface area contributed by atoms with Gasteiger partial charge in [-0.3, -0.25) is 9.59 Å². The van der Waals surface area contributed by atoms with Crippen LogP contribution in [0, 0.1) is 0 Å². The summed E-state index contributed by atoms with van der Waals surface area (Å²) in [5, 5.41) is 5.96. The molecule has 0 radical (unpaired) electrons. The van der Waals surface area contributed by atoms with Gasteiger partial charge >= 0.3 is 6.09 Å². The van der Waals surface area contributed by atoms with E-state index in [2.05, 4.69) is 24.5 Å². The van der Waals surface area contributed by atoms with Crippen LogP contribution in [0.25, 0.3) is 0 Å². The summed E-state index contributed by atoms with van der Waals surface area (Å²) in [5.74, 6) is -0.552. The number of carbonyl (C=O) groups is 3. The predicted molar refractivity (Wildman–Crippen MR) is 175 cm³/mol. The first-order valence-corrected chi connectivity index (χ1v) is 16.0. The van der Waals surface area contributed by atoms with Crippen molar-refractivity contribution < 1.29 is 19.1 Å². The number of unbranched alkanes of at least 4 members (excludes halogenated alkanes) is 5. The fraction of sp³-hybridized carbons (Fsp3) is 0.583. The molecule has 2 atom stereocenters. The Morgan fingerprint density at radius 1 is 0.791 bits per heavy atom. The Hall–Kier alpha value is -3.35. The van der Waals surface area contributed by atoms with Crippen molar-refractivity contribution in [1.29, 1.82) is 0 Å². The molecule has 0 fully saturated rings. The van der Waals surface area contributed by atoms with Gasteiger partial charge in [0.1, 0.15) is 17.7 Å². The van der Waals surface area contributed by atoms with Gasteiger partial charge in [-0.15, -0.1) is 0 Å². The van der Waals surface area contributed by atoms with Crippen LogP contribution in [-0.4, -0.2) is 46.5 Å². The summed E-state index contributed by atoms with van der Waals surface area (Å²) in [7, 11) is 0. The molecule has 0 heterocycles. The van der Waals surface area contributed by atoms with Crippen LogP contribution in [-0.2, 0) is 27.2 Å². The fourth-order valence-electron chi connectivity index (χ4n) is 4.98. The lowest BCUT2D eigenvalue weighted by Crippen LogP contribution is -2.55. The number of ether oxygens (including phenoxy) is 1. The first kappa shape index (κ1) is 35.8. The van der Waals surface area contributed by atoms with Gasteiger partial charge in [0.25, 0.3) is 0 Å². The third-order valence-corrected chi connectivity index (χ3v) is 7.07. The third kappa shape index (κ3) is 13.2. The van der Waals surface area contributed by atoms with Gasteiger partial charge in [-0.05, 0) is 71.1 Å². The highest BCUT2D eigenvalue weighted by atomic mass is 16.6. The van der Waals surface area contributed by atoms with E-state index < -0.39 is 29.3 Å². The van der Waals surface area contributed by atoms with Crippen LogP contribution in [0.4, 0.5) is 4.79 Å². The minimum absolute atomic E-state index is 0.244. The average Bonchev–Trinajstić information content (AvgIpc) is 2.92. The Morgan fingerprint density at radius 3 is 1.95 bits per heavy atom. The van der Waals surface area contributed by atoms with Gasteiger partial charge in [0.2, 0.25) is 11.8 Å². The standard InChI is InChI=1S/C36H55N3O4/c1-9-11-12-13-14-18-25-39(31(32(40)38-35(3,4)5)29-23-21-27(10-2)22-24-29)33(41)30(26-28-19-16-15-17-20-28)37-34(42)43-36(6,7)8/h15-17,19-24,30-31H,9-14,18,25-26H2,1-8H3,(H,37,42)(H,38,40). The molecule has 238 valence electrons. The zero-order chi connectivity index (χ0) is 32.0. The molecule has 43 heavy (non-hydrogen) atoms. The van der Waals surface area contributed by atoms with Crippen molar-refractivity contribution in [2.24, 2.45) is 0 Å². The second-order valence-electron chi connectivity index (χ2n) is 13.4. The number of carbonyl (C=O) groups excluding carboxylic acids is 3. The summed E-state index contributed by atoms with van der Waals surface area (Å²) in [6.07, 6.45) is 6.75. The number of nitrogens with one attached hydrogen (secondary N) is 2. The molecule has 2 aromatic carbocycles. The number of benzene rings is 2. The minimum atomic E-state index is -0.919. The van der Waals surface area contributed by atoms with E-state index in [0.29, 0.717) is 6.54 Å². The minimum Gasteiger partial charge on any atom is -0.444 e. The number of hydrogen-bond donors (Lipinski definition) is 2. The molecule has 0 bridgehead atoms. The van der Waals surface area contributed by atoms with Crippen molar-refractivity contribution in [1.82, 2.24) is 15.5 Å². The van der Waals surface area contributed by atoms with Gasteiger partial charge in [-0.25, -0.2) is 4.79 Å². The highest BCUT2D eigenvalue weighted by Crippen LogP contribution is 2.26. The quantitative estimate of drug-likeness (QED) is 0.209. The topological polar surface area (TPSA) is 87.7 Å². The van der Waals surface area contributed by atoms with E-state index in [4.69, 9.17) is 4.74 Å². The van der Waals surface area contributed by atoms with Crippen LogP contribution in [0.1, 0.15) is 117 Å². The molecule has 7 heteroatoms. The van der Waals surface area contributed by atoms with Crippen molar-refractivity contribution in [2.45, 2.75) is 130 Å². The summed E-state index contributed by atoms with van der Waals surface area (Å²) in [5.41, 5.74) is 1.58. The Morgan fingerprint density at radius 2 is 1.40 bits per heavy atom. The molecule has 2 unspecified atom stereocenters. The lowest BCUT2D eigenvalue weighted by molar-refractivity contribution is -0.143. The zero-order valence-electron chi connectivity index (χ0n) is 27.8. The maximum atomic E-state index is 14.6. The van der Waals surface area contributed by atoms with Crippen molar-refractivity contribution >= 4 is 17.9 Å². The Labute approximate surface area is 260 Å². The first-order valence-electron chi connectivity index (χ1n) is 16.0. The summed E-state index contributed by atoms with van der Waals surface area (Å²) in [6, 6.07) is 15.7. The number of alkyl carbamates (subject to hydrolysis) is 1. The van der Waals surface area contributed by atoms with Crippen molar-refractivity contribution in [3.05, 3.63) is 71.3 Å². The van der Waals surface area contributed by atoms with Crippen LogP contribution < -0.4 is 10.6 Å². The Balaban J connectivity index is 2.55. The van der Waals surface area contributed by atoms with Crippen LogP contribution in [0.5, 0.6) is 0 Å². The van der Waals surface area contributed by atoms with Crippen LogP contribution in [0.3, 0.4) is 0 Å². The lowest BCUT2D eigenvalue weighted by Gasteiger charge is -2.36. The number of hydrogen-bond acceptors (Lipinski definition) is 4. The molecule has 0 aliphatic carbocycles. The van der Waals surface area contributed by atoms with Crippen LogP contribution >= 0.6 is 0 Å². The molecular formula is C36H55N3O4. The highest BCUT2D eigenvalue weighted by Gasteiger charge is 2.37. The molecule has 0 saturated heterocycles. The van der Waals surface area contributed by atoms with Gasteiger partial charge in [0, 0.05) is 18.5 Å². The Kier molecular flexibility index (Phi) is 14.2. The summed E-state index contributed by atoms with van der Waals surface area (Å²) >= 11 is 0.